The molecule has 0 fully saturated rings. The molecule has 23 heavy (non-hydrogen) atoms. The molecule has 1 heterocycles. The van der Waals surface area contributed by atoms with E-state index in [1.807, 2.05) is 36.4 Å². The number of carbonyl (C=O) groups is 1. The maximum Gasteiger partial charge on any atom is 0.269 e. The predicted molar refractivity (Wildman–Crippen MR) is 90.2 cm³/mol. The quantitative estimate of drug-likeness (QED) is 0.821. The van der Waals surface area contributed by atoms with Crippen molar-refractivity contribution in [1.29, 1.82) is 0 Å². The molecular formula is C18H25N3O2. The van der Waals surface area contributed by atoms with Gasteiger partial charge in [-0.3, -0.25) is 9.48 Å². The van der Waals surface area contributed by atoms with Crippen molar-refractivity contribution in [1.82, 2.24) is 15.1 Å². The van der Waals surface area contributed by atoms with Gasteiger partial charge in [0.1, 0.15) is 5.69 Å². The first-order chi connectivity index (χ1) is 11.0. The molecule has 124 valence electrons. The summed E-state index contributed by atoms with van der Waals surface area (Å²) in [6, 6.07) is 11.3. The van der Waals surface area contributed by atoms with Crippen LogP contribution in [0.2, 0.25) is 0 Å². The lowest BCUT2D eigenvalue weighted by Gasteiger charge is -2.16. The Bertz CT molecular complexity index is 635. The monoisotopic (exact) mass is 315 g/mol. The first-order valence-corrected chi connectivity index (χ1v) is 7.98. The van der Waals surface area contributed by atoms with E-state index in [9.17, 15) is 9.90 Å². The largest absolute Gasteiger partial charge is 0.394 e. The number of amides is 1. The molecule has 0 spiro atoms. The number of aliphatic hydroxyl groups is 1. The molecule has 0 aliphatic heterocycles. The summed E-state index contributed by atoms with van der Waals surface area (Å²) in [5.74, 6) is 0.286. The van der Waals surface area contributed by atoms with Crippen molar-refractivity contribution in [2.45, 2.75) is 32.7 Å². The zero-order chi connectivity index (χ0) is 16.8. The highest BCUT2D eigenvalue weighted by Crippen LogP contribution is 2.10. The Hall–Kier alpha value is -2.14. The fourth-order valence-corrected chi connectivity index (χ4v) is 2.58. The Balaban J connectivity index is 2.03. The average molecular weight is 315 g/mol. The number of carbonyl (C=O) groups excluding carboxylic acids is 1. The fourth-order valence-electron chi connectivity index (χ4n) is 2.58. The number of nitrogens with zero attached hydrogens (tertiary/aromatic N) is 2. The van der Waals surface area contributed by atoms with Crippen molar-refractivity contribution in [3.8, 4) is 0 Å². The molecule has 0 saturated carbocycles. The number of aliphatic hydroxyl groups excluding tert-OH is 1. The van der Waals surface area contributed by atoms with Crippen molar-refractivity contribution < 1.29 is 9.90 Å². The Morgan fingerprint density at radius 1 is 1.26 bits per heavy atom. The summed E-state index contributed by atoms with van der Waals surface area (Å²) in [6.45, 7) is 4.14. The predicted octanol–water partition coefficient (Wildman–Crippen LogP) is 1.95. The molecule has 2 N–H and O–H groups in total. The molecule has 1 atom stereocenters. The van der Waals surface area contributed by atoms with E-state index in [0.717, 1.165) is 17.7 Å². The van der Waals surface area contributed by atoms with Crippen molar-refractivity contribution in [2.24, 2.45) is 13.0 Å². The van der Waals surface area contributed by atoms with E-state index >= 15 is 0 Å². The topological polar surface area (TPSA) is 67.2 Å². The van der Waals surface area contributed by atoms with Gasteiger partial charge in [0.05, 0.1) is 18.3 Å². The molecule has 1 amide bonds. The van der Waals surface area contributed by atoms with E-state index in [4.69, 9.17) is 0 Å². The van der Waals surface area contributed by atoms with Crippen LogP contribution in [0.15, 0.2) is 36.4 Å². The minimum atomic E-state index is -0.312. The number of rotatable bonds is 7. The first kappa shape index (κ1) is 17.2. The Kier molecular flexibility index (Phi) is 5.93. The SMILES string of the molecule is CC(C)Cc1cc(C(=O)N[C@@H](CO)Cc2ccccc2)n(C)n1. The summed E-state index contributed by atoms with van der Waals surface area (Å²) in [7, 11) is 1.77. The maximum absolute atomic E-state index is 12.4. The third-order valence-electron chi connectivity index (χ3n) is 3.66. The van der Waals surface area contributed by atoms with Gasteiger partial charge in [0.25, 0.3) is 5.91 Å². The number of benzene rings is 1. The van der Waals surface area contributed by atoms with Gasteiger partial charge in [-0.2, -0.15) is 5.10 Å². The zero-order valence-corrected chi connectivity index (χ0v) is 14.0. The number of hydrogen-bond acceptors (Lipinski definition) is 3. The van der Waals surface area contributed by atoms with Gasteiger partial charge in [0.2, 0.25) is 0 Å². The fraction of sp³-hybridized carbons (Fsp3) is 0.444. The Labute approximate surface area is 137 Å². The summed E-state index contributed by atoms with van der Waals surface area (Å²) in [5.41, 5.74) is 2.51. The second kappa shape index (κ2) is 7.92. The average Bonchev–Trinajstić information content (AvgIpc) is 2.87. The summed E-state index contributed by atoms with van der Waals surface area (Å²) in [4.78, 5) is 12.4. The van der Waals surface area contributed by atoms with Gasteiger partial charge in [-0.15, -0.1) is 0 Å². The summed E-state index contributed by atoms with van der Waals surface area (Å²) < 4.78 is 1.60. The second-order valence-corrected chi connectivity index (χ2v) is 6.29. The smallest absolute Gasteiger partial charge is 0.269 e. The first-order valence-electron chi connectivity index (χ1n) is 7.98. The summed E-state index contributed by atoms with van der Waals surface area (Å²) >= 11 is 0. The molecule has 0 aliphatic carbocycles. The van der Waals surface area contributed by atoms with Crippen LogP contribution in [0, 0.1) is 5.92 Å². The molecular weight excluding hydrogens is 290 g/mol. The van der Waals surface area contributed by atoms with Crippen LogP contribution in [0.25, 0.3) is 0 Å². The van der Waals surface area contributed by atoms with E-state index in [1.54, 1.807) is 11.7 Å². The van der Waals surface area contributed by atoms with Gasteiger partial charge in [-0.05, 0) is 30.4 Å². The van der Waals surface area contributed by atoms with Crippen LogP contribution in [0.5, 0.6) is 0 Å². The van der Waals surface area contributed by atoms with E-state index in [2.05, 4.69) is 24.3 Å². The number of hydrogen-bond donors (Lipinski definition) is 2. The van der Waals surface area contributed by atoms with Gasteiger partial charge in [-0.25, -0.2) is 0 Å². The molecule has 0 aliphatic rings. The Morgan fingerprint density at radius 2 is 1.96 bits per heavy atom. The summed E-state index contributed by atoms with van der Waals surface area (Å²) in [5, 5.41) is 16.8. The van der Waals surface area contributed by atoms with Crippen molar-refractivity contribution in [3.63, 3.8) is 0 Å². The molecule has 0 saturated heterocycles. The van der Waals surface area contributed by atoms with E-state index in [0.29, 0.717) is 18.0 Å². The van der Waals surface area contributed by atoms with Gasteiger partial charge >= 0.3 is 0 Å². The van der Waals surface area contributed by atoms with Crippen LogP contribution < -0.4 is 5.32 Å². The van der Waals surface area contributed by atoms with Crippen LogP contribution in [0.4, 0.5) is 0 Å². The normalized spacial score (nSPS) is 12.4. The van der Waals surface area contributed by atoms with Crippen LogP contribution in [-0.4, -0.2) is 33.4 Å². The van der Waals surface area contributed by atoms with E-state index in [-0.39, 0.29) is 18.6 Å². The minimum Gasteiger partial charge on any atom is -0.394 e. The summed E-state index contributed by atoms with van der Waals surface area (Å²) in [6.07, 6.45) is 1.44. The van der Waals surface area contributed by atoms with Gasteiger partial charge in [0.15, 0.2) is 0 Å². The molecule has 0 radical (unpaired) electrons. The Morgan fingerprint density at radius 3 is 2.57 bits per heavy atom. The third kappa shape index (κ3) is 4.93. The lowest BCUT2D eigenvalue weighted by Crippen LogP contribution is -2.39. The van der Waals surface area contributed by atoms with Crippen molar-refractivity contribution in [2.75, 3.05) is 6.61 Å². The van der Waals surface area contributed by atoms with Crippen LogP contribution in [0.1, 0.15) is 35.6 Å². The van der Waals surface area contributed by atoms with Gasteiger partial charge in [-0.1, -0.05) is 44.2 Å². The van der Waals surface area contributed by atoms with Crippen LogP contribution in [0.3, 0.4) is 0 Å². The molecule has 5 nitrogen and oxygen atoms in total. The molecule has 0 bridgehead atoms. The highest BCUT2D eigenvalue weighted by molar-refractivity contribution is 5.92. The standard InChI is InChI=1S/C18H25N3O2/c1-13(2)9-15-11-17(21(3)20-15)18(23)19-16(12-22)10-14-7-5-4-6-8-14/h4-8,11,13,16,22H,9-10,12H2,1-3H3,(H,19,23)/t16-/m1/s1. The molecule has 2 rings (SSSR count). The number of nitrogens with one attached hydrogen (secondary N) is 1. The van der Waals surface area contributed by atoms with Crippen molar-refractivity contribution >= 4 is 5.91 Å². The lowest BCUT2D eigenvalue weighted by atomic mass is 10.1. The molecule has 1 aromatic heterocycles. The van der Waals surface area contributed by atoms with Gasteiger partial charge < -0.3 is 10.4 Å². The highest BCUT2D eigenvalue weighted by atomic mass is 16.3. The maximum atomic E-state index is 12.4. The second-order valence-electron chi connectivity index (χ2n) is 6.29. The highest BCUT2D eigenvalue weighted by Gasteiger charge is 2.18. The lowest BCUT2D eigenvalue weighted by molar-refractivity contribution is 0.0907. The number of aromatic nitrogens is 2. The van der Waals surface area contributed by atoms with Gasteiger partial charge in [0, 0.05) is 7.05 Å². The van der Waals surface area contributed by atoms with Crippen LogP contribution in [-0.2, 0) is 19.9 Å². The minimum absolute atomic E-state index is 0.0999. The third-order valence-corrected chi connectivity index (χ3v) is 3.66. The molecule has 2 aromatic rings. The van der Waals surface area contributed by atoms with Crippen molar-refractivity contribution in [3.05, 3.63) is 53.3 Å². The molecule has 5 heteroatoms. The number of aryl methyl sites for hydroxylation is 1. The van der Waals surface area contributed by atoms with E-state index in [1.165, 1.54) is 0 Å². The van der Waals surface area contributed by atoms with Crippen LogP contribution >= 0.6 is 0 Å². The molecule has 1 aromatic carbocycles. The zero-order valence-electron chi connectivity index (χ0n) is 14.0. The van der Waals surface area contributed by atoms with E-state index < -0.39 is 0 Å². The molecule has 0 unspecified atom stereocenters.